The fourth-order valence-corrected chi connectivity index (χ4v) is 3.40. The molecule has 0 spiro atoms. The van der Waals surface area contributed by atoms with E-state index in [-0.39, 0.29) is 0 Å². The van der Waals surface area contributed by atoms with E-state index >= 15 is 0 Å². The molecule has 0 N–H and O–H groups in total. The Morgan fingerprint density at radius 2 is 2.00 bits per heavy atom. The number of allylic oxidation sites excluding steroid dienone is 4. The lowest BCUT2D eigenvalue weighted by atomic mass is 9.64. The van der Waals surface area contributed by atoms with Gasteiger partial charge in [-0.2, -0.15) is 0 Å². The van der Waals surface area contributed by atoms with Gasteiger partial charge in [-0.3, -0.25) is 0 Å². The smallest absolute Gasteiger partial charge is 0.0132 e. The Hall–Kier alpha value is -0.520. The lowest BCUT2D eigenvalue weighted by molar-refractivity contribution is 0.210. The van der Waals surface area contributed by atoms with Gasteiger partial charge in [0.15, 0.2) is 0 Å². The van der Waals surface area contributed by atoms with E-state index in [9.17, 15) is 0 Å². The summed E-state index contributed by atoms with van der Waals surface area (Å²) in [4.78, 5) is 0. The van der Waals surface area contributed by atoms with Gasteiger partial charge in [0.2, 0.25) is 0 Å². The highest BCUT2D eigenvalue weighted by Gasteiger charge is 2.34. The van der Waals surface area contributed by atoms with Gasteiger partial charge >= 0.3 is 0 Å². The average Bonchev–Trinajstić information content (AvgIpc) is 2.17. The van der Waals surface area contributed by atoms with Crippen molar-refractivity contribution in [3.05, 3.63) is 23.3 Å². The molecule has 0 heterocycles. The summed E-state index contributed by atoms with van der Waals surface area (Å²) in [5.74, 6) is 3.40. The third-order valence-corrected chi connectivity index (χ3v) is 4.44. The van der Waals surface area contributed by atoms with Crippen LogP contribution < -0.4 is 0 Å². The van der Waals surface area contributed by atoms with Crippen LogP contribution in [0.2, 0.25) is 0 Å². The van der Waals surface area contributed by atoms with Crippen molar-refractivity contribution >= 4 is 0 Å². The summed E-state index contributed by atoms with van der Waals surface area (Å²) in [6.07, 6.45) is 9.08. The van der Waals surface area contributed by atoms with Gasteiger partial charge in [-0.25, -0.2) is 0 Å². The van der Waals surface area contributed by atoms with Crippen molar-refractivity contribution in [1.29, 1.82) is 0 Å². The lowest BCUT2D eigenvalue weighted by Gasteiger charge is -2.41. The van der Waals surface area contributed by atoms with Crippen molar-refractivity contribution < 1.29 is 0 Å². The third kappa shape index (κ3) is 2.04. The van der Waals surface area contributed by atoms with E-state index in [2.05, 4.69) is 39.8 Å². The monoisotopic (exact) mass is 204 g/mol. The second-order valence-corrected chi connectivity index (χ2v) is 5.83. The van der Waals surface area contributed by atoms with Gasteiger partial charge in [0.05, 0.1) is 0 Å². The van der Waals surface area contributed by atoms with E-state index < -0.39 is 0 Å². The normalized spacial score (nSPS) is 35.9. The van der Waals surface area contributed by atoms with Crippen LogP contribution in [0.5, 0.6) is 0 Å². The number of fused-ring (bicyclic) bond motifs is 1. The Morgan fingerprint density at radius 3 is 2.67 bits per heavy atom. The topological polar surface area (TPSA) is 0 Å². The summed E-state index contributed by atoms with van der Waals surface area (Å²) in [6, 6.07) is 0. The second kappa shape index (κ2) is 4.15. The van der Waals surface area contributed by atoms with Crippen LogP contribution in [-0.2, 0) is 0 Å². The van der Waals surface area contributed by atoms with Crippen LogP contribution in [0, 0.1) is 23.7 Å². The third-order valence-electron chi connectivity index (χ3n) is 4.44. The first kappa shape index (κ1) is 11.0. The van der Waals surface area contributed by atoms with Crippen LogP contribution in [0.25, 0.3) is 0 Å². The molecule has 0 nitrogen and oxygen atoms in total. The standard InChI is InChI=1S/C15H24/c1-10(2)13-8-6-12(4)14-7-5-11(3)9-15(13)14/h6,9-10,13-15H,5,7-8H2,1-4H3/t13?,14-,15?/m0/s1. The van der Waals surface area contributed by atoms with E-state index in [4.69, 9.17) is 0 Å². The molecule has 0 radical (unpaired) electrons. The van der Waals surface area contributed by atoms with Gasteiger partial charge in [0.1, 0.15) is 0 Å². The molecular formula is C15H24. The van der Waals surface area contributed by atoms with Gasteiger partial charge in [0.25, 0.3) is 0 Å². The minimum atomic E-state index is 0.823. The quantitative estimate of drug-likeness (QED) is 0.548. The Morgan fingerprint density at radius 1 is 1.27 bits per heavy atom. The molecule has 0 bridgehead atoms. The number of hydrogen-bond acceptors (Lipinski definition) is 0. The van der Waals surface area contributed by atoms with Gasteiger partial charge in [-0.05, 0) is 56.8 Å². The van der Waals surface area contributed by atoms with Gasteiger partial charge < -0.3 is 0 Å². The maximum atomic E-state index is 2.58. The Bertz CT molecular complexity index is 293. The van der Waals surface area contributed by atoms with E-state index in [0.29, 0.717) is 0 Å². The molecular weight excluding hydrogens is 180 g/mol. The highest BCUT2D eigenvalue weighted by molar-refractivity contribution is 5.20. The predicted molar refractivity (Wildman–Crippen MR) is 66.7 cm³/mol. The van der Waals surface area contributed by atoms with Gasteiger partial charge in [-0.15, -0.1) is 0 Å². The zero-order valence-electron chi connectivity index (χ0n) is 10.6. The van der Waals surface area contributed by atoms with E-state index in [0.717, 1.165) is 23.7 Å². The minimum absolute atomic E-state index is 0.823. The molecule has 0 amide bonds. The maximum Gasteiger partial charge on any atom is -0.0132 e. The van der Waals surface area contributed by atoms with Gasteiger partial charge in [0, 0.05) is 0 Å². The molecule has 2 aliphatic carbocycles. The predicted octanol–water partition coefficient (Wildman–Crippen LogP) is 4.58. The Balaban J connectivity index is 2.28. The maximum absolute atomic E-state index is 2.58. The molecule has 0 fully saturated rings. The average molecular weight is 204 g/mol. The molecule has 0 saturated heterocycles. The molecule has 0 aromatic carbocycles. The summed E-state index contributed by atoms with van der Waals surface area (Å²) >= 11 is 0. The van der Waals surface area contributed by atoms with Crippen LogP contribution in [0.3, 0.4) is 0 Å². The summed E-state index contributed by atoms with van der Waals surface area (Å²) in [5.41, 5.74) is 3.28. The first-order valence-electron chi connectivity index (χ1n) is 6.43. The molecule has 0 aromatic heterocycles. The van der Waals surface area contributed by atoms with Crippen molar-refractivity contribution in [2.24, 2.45) is 23.7 Å². The van der Waals surface area contributed by atoms with Crippen LogP contribution >= 0.6 is 0 Å². The number of rotatable bonds is 1. The van der Waals surface area contributed by atoms with Crippen molar-refractivity contribution in [2.75, 3.05) is 0 Å². The summed E-state index contributed by atoms with van der Waals surface area (Å²) in [6.45, 7) is 9.41. The van der Waals surface area contributed by atoms with Crippen molar-refractivity contribution in [3.63, 3.8) is 0 Å². The van der Waals surface area contributed by atoms with Crippen LogP contribution in [0.15, 0.2) is 23.3 Å². The highest BCUT2D eigenvalue weighted by Crippen LogP contribution is 2.45. The first-order valence-corrected chi connectivity index (χ1v) is 6.43. The van der Waals surface area contributed by atoms with E-state index in [1.165, 1.54) is 19.3 Å². The molecule has 15 heavy (non-hydrogen) atoms. The van der Waals surface area contributed by atoms with Crippen molar-refractivity contribution in [1.82, 2.24) is 0 Å². The van der Waals surface area contributed by atoms with E-state index in [1.807, 2.05) is 0 Å². The highest BCUT2D eigenvalue weighted by atomic mass is 14.4. The zero-order valence-corrected chi connectivity index (χ0v) is 10.6. The van der Waals surface area contributed by atoms with Gasteiger partial charge in [-0.1, -0.05) is 37.1 Å². The minimum Gasteiger partial charge on any atom is -0.0850 e. The lowest BCUT2D eigenvalue weighted by Crippen LogP contribution is -2.31. The SMILES string of the molecule is CC1=CC2C(C(C)C)CC=C(C)[C@@H]2CC1. The Kier molecular flexibility index (Phi) is 3.04. The molecule has 0 saturated carbocycles. The molecule has 3 atom stereocenters. The molecule has 0 heteroatoms. The summed E-state index contributed by atoms with van der Waals surface area (Å²) in [5, 5.41) is 0. The van der Waals surface area contributed by atoms with Crippen LogP contribution in [-0.4, -0.2) is 0 Å². The molecule has 2 aliphatic rings. The second-order valence-electron chi connectivity index (χ2n) is 5.83. The zero-order chi connectivity index (χ0) is 11.0. The largest absolute Gasteiger partial charge is 0.0850 e. The fourth-order valence-electron chi connectivity index (χ4n) is 3.40. The molecule has 0 aromatic rings. The number of hydrogen-bond donors (Lipinski definition) is 0. The first-order chi connectivity index (χ1) is 7.09. The van der Waals surface area contributed by atoms with E-state index in [1.54, 1.807) is 11.1 Å². The Labute approximate surface area is 94.5 Å². The van der Waals surface area contributed by atoms with Crippen LogP contribution in [0.1, 0.15) is 47.0 Å². The molecule has 0 aliphatic heterocycles. The molecule has 2 unspecified atom stereocenters. The molecule has 84 valence electrons. The van der Waals surface area contributed by atoms with Crippen molar-refractivity contribution in [3.8, 4) is 0 Å². The summed E-state index contributed by atoms with van der Waals surface area (Å²) in [7, 11) is 0. The molecule has 2 rings (SSSR count). The van der Waals surface area contributed by atoms with Crippen molar-refractivity contribution in [2.45, 2.75) is 47.0 Å². The fraction of sp³-hybridized carbons (Fsp3) is 0.733. The summed E-state index contributed by atoms with van der Waals surface area (Å²) < 4.78 is 0. The van der Waals surface area contributed by atoms with Crippen LogP contribution in [0.4, 0.5) is 0 Å².